The number of nitro groups is 1. The van der Waals surface area contributed by atoms with Crippen LogP contribution in [-0.2, 0) is 13.2 Å². The smallest absolute Gasteiger partial charge is 0.274 e. The first-order chi connectivity index (χ1) is 9.60. The van der Waals surface area contributed by atoms with Gasteiger partial charge in [0.1, 0.15) is 0 Å². The van der Waals surface area contributed by atoms with Crippen LogP contribution in [0.4, 0.5) is 11.4 Å². The highest BCUT2D eigenvalue weighted by molar-refractivity contribution is 5.55. The van der Waals surface area contributed by atoms with Crippen molar-refractivity contribution in [1.29, 1.82) is 0 Å². The minimum atomic E-state index is -0.378. The summed E-state index contributed by atoms with van der Waals surface area (Å²) in [6.07, 6.45) is 0. The van der Waals surface area contributed by atoms with E-state index in [1.165, 1.54) is 6.07 Å². The van der Waals surface area contributed by atoms with Crippen LogP contribution in [-0.4, -0.2) is 10.0 Å². The number of hydrogen-bond donors (Lipinski definition) is 2. The molecule has 5 nitrogen and oxygen atoms in total. The van der Waals surface area contributed by atoms with E-state index in [1.807, 2.05) is 30.3 Å². The topological polar surface area (TPSA) is 75.4 Å². The maximum absolute atomic E-state index is 10.9. The van der Waals surface area contributed by atoms with E-state index in [9.17, 15) is 10.1 Å². The number of aliphatic hydroxyl groups is 1. The van der Waals surface area contributed by atoms with Gasteiger partial charge in [-0.25, -0.2) is 0 Å². The van der Waals surface area contributed by atoms with Crippen LogP contribution in [0.25, 0.3) is 0 Å². The van der Waals surface area contributed by atoms with Gasteiger partial charge in [0.05, 0.1) is 11.5 Å². The predicted molar refractivity (Wildman–Crippen MR) is 77.5 cm³/mol. The first kappa shape index (κ1) is 14.0. The Balaban J connectivity index is 2.06. The van der Waals surface area contributed by atoms with Crippen molar-refractivity contribution in [3.63, 3.8) is 0 Å². The molecule has 5 heteroatoms. The number of aryl methyl sites for hydroxylation is 1. The lowest BCUT2D eigenvalue weighted by Gasteiger charge is -2.08. The summed E-state index contributed by atoms with van der Waals surface area (Å²) in [5.41, 5.74) is 3.39. The van der Waals surface area contributed by atoms with Gasteiger partial charge in [-0.2, -0.15) is 0 Å². The van der Waals surface area contributed by atoms with Gasteiger partial charge in [-0.05, 0) is 24.1 Å². The fourth-order valence-corrected chi connectivity index (χ4v) is 1.88. The molecule has 0 aliphatic rings. The Kier molecular flexibility index (Phi) is 4.32. The quantitative estimate of drug-likeness (QED) is 0.648. The molecule has 20 heavy (non-hydrogen) atoms. The molecule has 0 saturated carbocycles. The molecular weight excluding hydrogens is 256 g/mol. The molecule has 0 spiro atoms. The van der Waals surface area contributed by atoms with E-state index in [0.29, 0.717) is 17.8 Å². The van der Waals surface area contributed by atoms with Crippen LogP contribution in [0, 0.1) is 17.0 Å². The molecule has 0 aromatic heterocycles. The molecule has 2 N–H and O–H groups in total. The third-order valence-corrected chi connectivity index (χ3v) is 3.11. The second kappa shape index (κ2) is 6.16. The van der Waals surface area contributed by atoms with Crippen molar-refractivity contribution in [1.82, 2.24) is 0 Å². The Labute approximate surface area is 117 Å². The predicted octanol–water partition coefficient (Wildman–Crippen LogP) is 3.01. The summed E-state index contributed by atoms with van der Waals surface area (Å²) in [5.74, 6) is 0. The fraction of sp³-hybridized carbons (Fsp3) is 0.200. The fourth-order valence-electron chi connectivity index (χ4n) is 1.88. The van der Waals surface area contributed by atoms with E-state index in [4.69, 9.17) is 5.11 Å². The zero-order valence-corrected chi connectivity index (χ0v) is 11.2. The van der Waals surface area contributed by atoms with Gasteiger partial charge in [-0.1, -0.05) is 30.3 Å². The Bertz CT molecular complexity index is 609. The third-order valence-electron chi connectivity index (χ3n) is 3.11. The zero-order chi connectivity index (χ0) is 14.5. The van der Waals surface area contributed by atoms with Crippen molar-refractivity contribution in [2.45, 2.75) is 20.1 Å². The van der Waals surface area contributed by atoms with Gasteiger partial charge in [-0.3, -0.25) is 10.1 Å². The van der Waals surface area contributed by atoms with Crippen LogP contribution in [0.5, 0.6) is 0 Å². The second-order valence-electron chi connectivity index (χ2n) is 4.59. The molecule has 2 aromatic carbocycles. The monoisotopic (exact) mass is 272 g/mol. The molecular formula is C15H16N2O3. The number of hydrogen-bond acceptors (Lipinski definition) is 4. The molecule has 0 heterocycles. The van der Waals surface area contributed by atoms with Gasteiger partial charge in [0.15, 0.2) is 0 Å². The van der Waals surface area contributed by atoms with Crippen molar-refractivity contribution in [2.24, 2.45) is 0 Å². The van der Waals surface area contributed by atoms with Crippen LogP contribution in [0.2, 0.25) is 0 Å². The molecule has 0 unspecified atom stereocenters. The van der Waals surface area contributed by atoms with E-state index in [1.54, 1.807) is 13.0 Å². The van der Waals surface area contributed by atoms with Crippen molar-refractivity contribution in [2.75, 3.05) is 5.32 Å². The molecule has 0 amide bonds. The molecule has 0 aliphatic carbocycles. The van der Waals surface area contributed by atoms with Crippen LogP contribution in [0.15, 0.2) is 42.5 Å². The van der Waals surface area contributed by atoms with Crippen LogP contribution >= 0.6 is 0 Å². The molecule has 0 bridgehead atoms. The summed E-state index contributed by atoms with van der Waals surface area (Å²) in [4.78, 5) is 10.5. The highest BCUT2D eigenvalue weighted by atomic mass is 16.6. The second-order valence-corrected chi connectivity index (χ2v) is 4.59. The minimum Gasteiger partial charge on any atom is -0.392 e. The van der Waals surface area contributed by atoms with Crippen LogP contribution < -0.4 is 5.32 Å². The summed E-state index contributed by atoms with van der Waals surface area (Å²) in [6, 6.07) is 12.6. The minimum absolute atomic E-state index is 0.0257. The molecule has 0 radical (unpaired) electrons. The number of benzene rings is 2. The molecule has 0 fully saturated rings. The number of nitro benzene ring substituents is 1. The molecule has 2 rings (SSSR count). The average Bonchev–Trinajstić information content (AvgIpc) is 2.46. The Hall–Kier alpha value is -2.40. The van der Waals surface area contributed by atoms with Gasteiger partial charge in [-0.15, -0.1) is 0 Å². The SMILES string of the molecule is Cc1ccc(NCc2ccc(CO)cc2)cc1[N+](=O)[O-]. The van der Waals surface area contributed by atoms with Crippen molar-refractivity contribution in [3.05, 3.63) is 69.3 Å². The summed E-state index contributed by atoms with van der Waals surface area (Å²) in [7, 11) is 0. The molecule has 0 atom stereocenters. The third kappa shape index (κ3) is 3.33. The van der Waals surface area contributed by atoms with Crippen LogP contribution in [0.1, 0.15) is 16.7 Å². The molecule has 0 saturated heterocycles. The lowest BCUT2D eigenvalue weighted by Crippen LogP contribution is -2.01. The maximum atomic E-state index is 10.9. The van der Waals surface area contributed by atoms with Gasteiger partial charge in [0.25, 0.3) is 5.69 Å². The summed E-state index contributed by atoms with van der Waals surface area (Å²) >= 11 is 0. The number of nitrogens with zero attached hydrogens (tertiary/aromatic N) is 1. The highest BCUT2D eigenvalue weighted by Crippen LogP contribution is 2.22. The number of rotatable bonds is 5. The zero-order valence-electron chi connectivity index (χ0n) is 11.2. The first-order valence-corrected chi connectivity index (χ1v) is 6.28. The van der Waals surface area contributed by atoms with Crippen molar-refractivity contribution in [3.8, 4) is 0 Å². The first-order valence-electron chi connectivity index (χ1n) is 6.28. The standard InChI is InChI=1S/C15H16N2O3/c1-11-2-7-14(8-15(11)17(19)20)16-9-12-3-5-13(10-18)6-4-12/h2-8,16,18H,9-10H2,1H3. The van der Waals surface area contributed by atoms with Crippen molar-refractivity contribution >= 4 is 11.4 Å². The summed E-state index contributed by atoms with van der Waals surface area (Å²) in [5, 5.41) is 23.0. The van der Waals surface area contributed by atoms with Crippen molar-refractivity contribution < 1.29 is 10.0 Å². The highest BCUT2D eigenvalue weighted by Gasteiger charge is 2.10. The number of aliphatic hydroxyl groups excluding tert-OH is 1. The Morgan fingerprint density at radius 1 is 1.15 bits per heavy atom. The van der Waals surface area contributed by atoms with Crippen LogP contribution in [0.3, 0.4) is 0 Å². The Morgan fingerprint density at radius 3 is 2.40 bits per heavy atom. The number of anilines is 1. The van der Waals surface area contributed by atoms with E-state index in [2.05, 4.69) is 5.32 Å². The van der Waals surface area contributed by atoms with E-state index < -0.39 is 0 Å². The van der Waals surface area contributed by atoms with Gasteiger partial charge >= 0.3 is 0 Å². The van der Waals surface area contributed by atoms with E-state index in [0.717, 1.165) is 11.1 Å². The lowest BCUT2D eigenvalue weighted by molar-refractivity contribution is -0.385. The summed E-state index contributed by atoms with van der Waals surface area (Å²) < 4.78 is 0. The normalized spacial score (nSPS) is 10.3. The van der Waals surface area contributed by atoms with Gasteiger partial charge in [0.2, 0.25) is 0 Å². The maximum Gasteiger partial charge on any atom is 0.274 e. The van der Waals surface area contributed by atoms with E-state index in [-0.39, 0.29) is 17.2 Å². The molecule has 2 aromatic rings. The molecule has 0 aliphatic heterocycles. The van der Waals surface area contributed by atoms with E-state index >= 15 is 0 Å². The number of nitrogens with one attached hydrogen (secondary N) is 1. The largest absolute Gasteiger partial charge is 0.392 e. The average molecular weight is 272 g/mol. The Morgan fingerprint density at radius 2 is 1.80 bits per heavy atom. The lowest BCUT2D eigenvalue weighted by atomic mass is 10.1. The molecule has 104 valence electrons. The van der Waals surface area contributed by atoms with Gasteiger partial charge < -0.3 is 10.4 Å². The summed E-state index contributed by atoms with van der Waals surface area (Å²) in [6.45, 7) is 2.32. The van der Waals surface area contributed by atoms with Gasteiger partial charge in [0, 0.05) is 23.9 Å².